The van der Waals surface area contributed by atoms with Gasteiger partial charge in [0.25, 0.3) is 0 Å². The predicted octanol–water partition coefficient (Wildman–Crippen LogP) is 15.5. The van der Waals surface area contributed by atoms with Gasteiger partial charge < -0.3 is 0 Å². The summed E-state index contributed by atoms with van der Waals surface area (Å²) in [7, 11) is 0. The lowest BCUT2D eigenvalue weighted by Gasteiger charge is -2.25. The molecule has 1 aromatic heterocycles. The molecule has 0 unspecified atom stereocenters. The minimum atomic E-state index is 0.679. The normalized spacial score (nSPS) is 11.0. The molecule has 1 heterocycles. The van der Waals surface area contributed by atoms with Gasteiger partial charge in [-0.25, -0.2) is 9.97 Å². The lowest BCUT2D eigenvalue weighted by atomic mass is 9.77. The molecule has 0 N–H and O–H groups in total. The molecule has 0 saturated carbocycles. The maximum Gasteiger partial charge on any atom is 0.161 e. The van der Waals surface area contributed by atoms with E-state index in [1.54, 1.807) is 0 Å². The lowest BCUT2D eigenvalue weighted by Crippen LogP contribution is -2.00. The van der Waals surface area contributed by atoms with Crippen LogP contribution in [0.4, 0.5) is 0 Å². The summed E-state index contributed by atoms with van der Waals surface area (Å²) in [6.07, 6.45) is 0. The minimum absolute atomic E-state index is 0.679. The third-order valence-electron chi connectivity index (χ3n) is 11.1. The summed E-state index contributed by atoms with van der Waals surface area (Å²) >= 11 is 0. The second kappa shape index (κ2) is 16.5. The fraction of sp³-hybridized carbons (Fsp3) is 0. The molecule has 0 aliphatic rings. The zero-order valence-electron chi connectivity index (χ0n) is 33.0. The van der Waals surface area contributed by atoms with Crippen molar-refractivity contribution in [3.05, 3.63) is 243 Å². The molecule has 0 amide bonds. The highest BCUT2D eigenvalue weighted by molar-refractivity contribution is 6.09. The second-order valence-electron chi connectivity index (χ2n) is 14.8. The number of hydrogen-bond acceptors (Lipinski definition) is 2. The number of rotatable bonds is 9. The highest BCUT2D eigenvalue weighted by atomic mass is 14.9. The van der Waals surface area contributed by atoms with E-state index in [0.717, 1.165) is 67.0 Å². The van der Waals surface area contributed by atoms with E-state index >= 15 is 0 Å². The van der Waals surface area contributed by atoms with Gasteiger partial charge in [0.2, 0.25) is 0 Å². The number of benzene rings is 9. The molecule has 9 aromatic carbocycles. The molecule has 0 bridgehead atoms. The Hall–Kier alpha value is -7.94. The number of nitrogens with zero attached hydrogens (tertiary/aromatic N) is 2. The molecule has 0 saturated heterocycles. The van der Waals surface area contributed by atoms with Crippen LogP contribution < -0.4 is 0 Å². The van der Waals surface area contributed by atoms with Crippen molar-refractivity contribution in [1.82, 2.24) is 9.97 Å². The van der Waals surface area contributed by atoms with Gasteiger partial charge in [-0.2, -0.15) is 0 Å². The summed E-state index contributed by atoms with van der Waals surface area (Å²) < 4.78 is 0. The topological polar surface area (TPSA) is 25.8 Å². The third kappa shape index (κ3) is 7.12. The molecule has 10 rings (SSSR count). The summed E-state index contributed by atoms with van der Waals surface area (Å²) in [5, 5.41) is 0. The van der Waals surface area contributed by atoms with E-state index in [4.69, 9.17) is 9.97 Å². The lowest BCUT2D eigenvalue weighted by molar-refractivity contribution is 1.18. The minimum Gasteiger partial charge on any atom is -0.228 e. The molecule has 2 nitrogen and oxygen atoms in total. The van der Waals surface area contributed by atoms with Gasteiger partial charge in [0.1, 0.15) is 0 Å². The standard InChI is InChI=1S/C58H40N2/c1-7-23-41(24-8-1)51-39-52(56(45-31-15-5-16-32-45)57(46-33-17-6-18-34-46)55(51)44-29-13-4-14-30-44)49-37-20-19-35-47(49)48-36-21-22-38-50(48)58-59-53(42-25-9-2-10-26-42)40-54(60-58)43-27-11-3-12-28-43/h1-40H. The van der Waals surface area contributed by atoms with Crippen LogP contribution in [0.25, 0.3) is 101 Å². The van der Waals surface area contributed by atoms with Crippen molar-refractivity contribution in [2.45, 2.75) is 0 Å². The van der Waals surface area contributed by atoms with Crippen LogP contribution in [0.2, 0.25) is 0 Å². The number of aromatic nitrogens is 2. The molecule has 0 spiro atoms. The van der Waals surface area contributed by atoms with E-state index in [-0.39, 0.29) is 0 Å². The molecule has 10 aromatic rings. The average molecular weight is 765 g/mol. The van der Waals surface area contributed by atoms with Crippen LogP contribution in [0, 0.1) is 0 Å². The largest absolute Gasteiger partial charge is 0.228 e. The van der Waals surface area contributed by atoms with Gasteiger partial charge in [-0.15, -0.1) is 0 Å². The zero-order valence-corrected chi connectivity index (χ0v) is 33.0. The van der Waals surface area contributed by atoms with E-state index in [1.165, 1.54) is 27.8 Å². The Morgan fingerprint density at radius 1 is 0.200 bits per heavy atom. The highest BCUT2D eigenvalue weighted by Gasteiger charge is 2.25. The van der Waals surface area contributed by atoms with Gasteiger partial charge in [0.05, 0.1) is 11.4 Å². The quantitative estimate of drug-likeness (QED) is 0.146. The molecule has 0 aliphatic heterocycles. The summed E-state index contributed by atoms with van der Waals surface area (Å²) in [5.74, 6) is 0.679. The molecule has 60 heavy (non-hydrogen) atoms. The van der Waals surface area contributed by atoms with Crippen LogP contribution in [0.1, 0.15) is 0 Å². The van der Waals surface area contributed by atoms with Gasteiger partial charge >= 0.3 is 0 Å². The van der Waals surface area contributed by atoms with Crippen LogP contribution >= 0.6 is 0 Å². The van der Waals surface area contributed by atoms with Crippen molar-refractivity contribution in [3.8, 4) is 101 Å². The smallest absolute Gasteiger partial charge is 0.161 e. The third-order valence-corrected chi connectivity index (χ3v) is 11.1. The Morgan fingerprint density at radius 2 is 0.500 bits per heavy atom. The Balaban J connectivity index is 1.28. The Kier molecular flexibility index (Phi) is 10.0. The van der Waals surface area contributed by atoms with Crippen molar-refractivity contribution in [2.75, 3.05) is 0 Å². The molecule has 0 aliphatic carbocycles. The zero-order chi connectivity index (χ0) is 40.1. The first-order valence-electron chi connectivity index (χ1n) is 20.4. The van der Waals surface area contributed by atoms with Crippen molar-refractivity contribution >= 4 is 0 Å². The van der Waals surface area contributed by atoms with Crippen molar-refractivity contribution in [1.29, 1.82) is 0 Å². The van der Waals surface area contributed by atoms with Gasteiger partial charge in [0, 0.05) is 16.7 Å². The second-order valence-corrected chi connectivity index (χ2v) is 14.8. The molecular weight excluding hydrogens is 725 g/mol. The van der Waals surface area contributed by atoms with Gasteiger partial charge in [-0.1, -0.05) is 231 Å². The Bertz CT molecular complexity index is 2980. The van der Waals surface area contributed by atoms with Crippen molar-refractivity contribution < 1.29 is 0 Å². The SMILES string of the molecule is c1ccc(-c2cc(-c3ccccc3)nc(-c3ccccc3-c3ccccc3-c3cc(-c4ccccc4)c(-c4ccccc4)c(-c4ccccc4)c3-c3ccccc3)n2)cc1. The summed E-state index contributed by atoms with van der Waals surface area (Å²) in [5.41, 5.74) is 18.6. The Labute approximate surface area is 351 Å². The predicted molar refractivity (Wildman–Crippen MR) is 251 cm³/mol. The summed E-state index contributed by atoms with van der Waals surface area (Å²) in [6.45, 7) is 0. The molecule has 282 valence electrons. The maximum atomic E-state index is 5.29. The van der Waals surface area contributed by atoms with Gasteiger partial charge in [-0.05, 0) is 78.9 Å². The Morgan fingerprint density at radius 3 is 0.933 bits per heavy atom. The molecule has 0 fully saturated rings. The van der Waals surface area contributed by atoms with Gasteiger partial charge in [-0.3, -0.25) is 0 Å². The van der Waals surface area contributed by atoms with Gasteiger partial charge in [0.15, 0.2) is 5.82 Å². The summed E-state index contributed by atoms with van der Waals surface area (Å²) in [4.78, 5) is 10.6. The molecule has 0 atom stereocenters. The van der Waals surface area contributed by atoms with Crippen LogP contribution in [-0.4, -0.2) is 9.97 Å². The van der Waals surface area contributed by atoms with Crippen LogP contribution in [-0.2, 0) is 0 Å². The van der Waals surface area contributed by atoms with Crippen LogP contribution in [0.3, 0.4) is 0 Å². The fourth-order valence-corrected chi connectivity index (χ4v) is 8.39. The van der Waals surface area contributed by atoms with E-state index < -0.39 is 0 Å². The highest BCUT2D eigenvalue weighted by Crippen LogP contribution is 2.52. The van der Waals surface area contributed by atoms with E-state index in [2.05, 4.69) is 231 Å². The first-order valence-corrected chi connectivity index (χ1v) is 20.4. The van der Waals surface area contributed by atoms with E-state index in [1.807, 2.05) is 12.1 Å². The average Bonchev–Trinajstić information content (AvgIpc) is 3.35. The monoisotopic (exact) mass is 764 g/mol. The van der Waals surface area contributed by atoms with Crippen molar-refractivity contribution in [3.63, 3.8) is 0 Å². The maximum absolute atomic E-state index is 5.29. The summed E-state index contributed by atoms with van der Waals surface area (Å²) in [6, 6.07) is 86.1. The van der Waals surface area contributed by atoms with Crippen LogP contribution in [0.15, 0.2) is 243 Å². The van der Waals surface area contributed by atoms with Crippen LogP contribution in [0.5, 0.6) is 0 Å². The first-order chi connectivity index (χ1) is 29.8. The fourth-order valence-electron chi connectivity index (χ4n) is 8.39. The first kappa shape index (κ1) is 36.4. The molecular formula is C58H40N2. The van der Waals surface area contributed by atoms with Crippen molar-refractivity contribution in [2.24, 2.45) is 0 Å². The number of hydrogen-bond donors (Lipinski definition) is 0. The van der Waals surface area contributed by atoms with E-state index in [0.29, 0.717) is 5.82 Å². The van der Waals surface area contributed by atoms with E-state index in [9.17, 15) is 0 Å². The molecule has 0 radical (unpaired) electrons. The molecule has 2 heteroatoms.